The maximum absolute atomic E-state index is 12.8. The fourth-order valence-electron chi connectivity index (χ4n) is 2.80. The van der Waals surface area contributed by atoms with Gasteiger partial charge in [-0.1, -0.05) is 30.3 Å². The van der Waals surface area contributed by atoms with Crippen molar-refractivity contribution in [2.45, 2.75) is 13.5 Å². The van der Waals surface area contributed by atoms with Crippen LogP contribution in [0.4, 0.5) is 0 Å². The first-order chi connectivity index (χ1) is 12.0. The average molecular weight is 352 g/mol. The predicted octanol–water partition coefficient (Wildman–Crippen LogP) is 3.84. The summed E-state index contributed by atoms with van der Waals surface area (Å²) in [7, 11) is 3.41. The van der Waals surface area contributed by atoms with Crippen LogP contribution in [-0.4, -0.2) is 30.8 Å². The van der Waals surface area contributed by atoms with Gasteiger partial charge in [-0.25, -0.2) is 0 Å². The van der Waals surface area contributed by atoms with E-state index >= 15 is 0 Å². The highest BCUT2D eigenvalue weighted by Gasteiger charge is 2.19. The minimum absolute atomic E-state index is 0.0223. The number of rotatable bonds is 4. The van der Waals surface area contributed by atoms with Gasteiger partial charge in [-0.3, -0.25) is 9.59 Å². The fraction of sp³-hybridized carbons (Fsp3) is 0.200. The van der Waals surface area contributed by atoms with Crippen molar-refractivity contribution in [2.75, 3.05) is 14.1 Å². The zero-order chi connectivity index (χ0) is 18.0. The minimum atomic E-state index is -0.114. The van der Waals surface area contributed by atoms with E-state index in [1.54, 1.807) is 31.1 Å². The maximum Gasteiger partial charge on any atom is 0.264 e. The molecule has 0 spiro atoms. The molecule has 25 heavy (non-hydrogen) atoms. The molecular formula is C20H20N2O2S. The zero-order valence-corrected chi connectivity index (χ0v) is 15.3. The molecule has 1 N–H and O–H groups in total. The summed E-state index contributed by atoms with van der Waals surface area (Å²) >= 11 is 1.54. The van der Waals surface area contributed by atoms with Crippen LogP contribution in [0.5, 0.6) is 0 Å². The lowest BCUT2D eigenvalue weighted by molar-refractivity contribution is 0.0789. The van der Waals surface area contributed by atoms with Crippen LogP contribution in [0, 0.1) is 6.92 Å². The number of hydrogen-bond acceptors (Lipinski definition) is 3. The highest BCUT2D eigenvalue weighted by atomic mass is 32.1. The molecule has 4 nitrogen and oxygen atoms in total. The number of aryl methyl sites for hydroxylation is 1. The van der Waals surface area contributed by atoms with Crippen molar-refractivity contribution in [1.29, 1.82) is 0 Å². The van der Waals surface area contributed by atoms with E-state index in [4.69, 9.17) is 0 Å². The summed E-state index contributed by atoms with van der Waals surface area (Å²) in [4.78, 5) is 26.9. The molecule has 3 aromatic rings. The third-order valence-electron chi connectivity index (χ3n) is 4.25. The fourth-order valence-corrected chi connectivity index (χ4v) is 4.01. The summed E-state index contributed by atoms with van der Waals surface area (Å²) in [5.41, 5.74) is 2.63. The third kappa shape index (κ3) is 3.42. The molecule has 0 bridgehead atoms. The monoisotopic (exact) mass is 352 g/mol. The van der Waals surface area contributed by atoms with Gasteiger partial charge in [0, 0.05) is 30.9 Å². The standard InChI is InChI=1S/C20H20N2O2S/c1-13-16-6-4-5-7-17(16)25-18(13)20(24)22(3)12-14-8-10-15(11-9-14)19(23)21-2/h4-11H,12H2,1-3H3,(H,21,23). The average Bonchev–Trinajstić information content (AvgIpc) is 2.98. The molecule has 0 aliphatic heterocycles. The van der Waals surface area contributed by atoms with Crippen molar-refractivity contribution in [2.24, 2.45) is 0 Å². The predicted molar refractivity (Wildman–Crippen MR) is 102 cm³/mol. The number of carbonyl (C=O) groups excluding carboxylic acids is 2. The lowest BCUT2D eigenvalue weighted by atomic mass is 10.1. The van der Waals surface area contributed by atoms with Crippen LogP contribution in [0.3, 0.4) is 0 Å². The molecule has 0 radical (unpaired) electrons. The van der Waals surface area contributed by atoms with Crippen LogP contribution >= 0.6 is 11.3 Å². The van der Waals surface area contributed by atoms with Gasteiger partial charge in [0.2, 0.25) is 0 Å². The van der Waals surface area contributed by atoms with E-state index in [1.165, 1.54) is 11.3 Å². The molecule has 0 atom stereocenters. The van der Waals surface area contributed by atoms with Gasteiger partial charge in [-0.05, 0) is 41.6 Å². The SMILES string of the molecule is CNC(=O)c1ccc(CN(C)C(=O)c2sc3ccccc3c2C)cc1. The van der Waals surface area contributed by atoms with Crippen molar-refractivity contribution in [3.05, 3.63) is 70.1 Å². The second-order valence-electron chi connectivity index (χ2n) is 5.99. The van der Waals surface area contributed by atoms with E-state index in [0.717, 1.165) is 26.1 Å². The molecule has 0 saturated carbocycles. The van der Waals surface area contributed by atoms with Crippen molar-refractivity contribution < 1.29 is 9.59 Å². The maximum atomic E-state index is 12.8. The number of thiophene rings is 1. The third-order valence-corrected chi connectivity index (χ3v) is 5.51. The normalized spacial score (nSPS) is 10.7. The number of carbonyl (C=O) groups is 2. The summed E-state index contributed by atoms with van der Waals surface area (Å²) in [6, 6.07) is 15.4. The number of amides is 2. The van der Waals surface area contributed by atoms with E-state index in [0.29, 0.717) is 12.1 Å². The van der Waals surface area contributed by atoms with Crippen molar-refractivity contribution in [3.63, 3.8) is 0 Å². The first-order valence-corrected chi connectivity index (χ1v) is 8.87. The highest BCUT2D eigenvalue weighted by molar-refractivity contribution is 7.21. The van der Waals surface area contributed by atoms with Crippen LogP contribution < -0.4 is 5.32 Å². The molecule has 0 saturated heterocycles. The van der Waals surface area contributed by atoms with Gasteiger partial charge in [-0.2, -0.15) is 0 Å². The molecule has 1 heterocycles. The van der Waals surface area contributed by atoms with Gasteiger partial charge in [0.15, 0.2) is 0 Å². The Morgan fingerprint density at radius 3 is 2.40 bits per heavy atom. The van der Waals surface area contributed by atoms with Gasteiger partial charge in [0.25, 0.3) is 11.8 Å². The van der Waals surface area contributed by atoms with E-state index in [-0.39, 0.29) is 11.8 Å². The van der Waals surface area contributed by atoms with Gasteiger partial charge in [0.05, 0.1) is 4.88 Å². The Morgan fingerprint density at radius 1 is 1.08 bits per heavy atom. The summed E-state index contributed by atoms with van der Waals surface area (Å²) in [6.45, 7) is 2.50. The smallest absolute Gasteiger partial charge is 0.264 e. The van der Waals surface area contributed by atoms with E-state index in [9.17, 15) is 9.59 Å². The van der Waals surface area contributed by atoms with Gasteiger partial charge < -0.3 is 10.2 Å². The number of nitrogens with one attached hydrogen (secondary N) is 1. The van der Waals surface area contributed by atoms with Gasteiger partial charge in [0.1, 0.15) is 0 Å². The van der Waals surface area contributed by atoms with E-state index in [2.05, 4.69) is 11.4 Å². The van der Waals surface area contributed by atoms with Crippen molar-refractivity contribution >= 4 is 33.2 Å². The second-order valence-corrected chi connectivity index (χ2v) is 7.04. The molecule has 0 aliphatic carbocycles. The summed E-state index contributed by atoms with van der Waals surface area (Å²) < 4.78 is 1.13. The zero-order valence-electron chi connectivity index (χ0n) is 14.5. The molecule has 1 aromatic heterocycles. The van der Waals surface area contributed by atoms with Crippen LogP contribution in [0.2, 0.25) is 0 Å². The summed E-state index contributed by atoms with van der Waals surface area (Å²) in [5.74, 6) is -0.0917. The molecule has 3 rings (SSSR count). The Morgan fingerprint density at radius 2 is 1.76 bits per heavy atom. The van der Waals surface area contributed by atoms with Crippen molar-refractivity contribution in [1.82, 2.24) is 10.2 Å². The minimum Gasteiger partial charge on any atom is -0.355 e. The quantitative estimate of drug-likeness (QED) is 0.775. The Kier molecular flexibility index (Phi) is 4.86. The van der Waals surface area contributed by atoms with E-state index in [1.807, 2.05) is 37.3 Å². The summed E-state index contributed by atoms with van der Waals surface area (Å²) in [5, 5.41) is 3.74. The molecule has 0 aliphatic rings. The van der Waals surface area contributed by atoms with Crippen LogP contribution in [0.15, 0.2) is 48.5 Å². The first kappa shape index (κ1) is 17.2. The molecule has 2 aromatic carbocycles. The van der Waals surface area contributed by atoms with Crippen LogP contribution in [0.25, 0.3) is 10.1 Å². The van der Waals surface area contributed by atoms with E-state index < -0.39 is 0 Å². The number of nitrogens with zero attached hydrogens (tertiary/aromatic N) is 1. The summed E-state index contributed by atoms with van der Waals surface area (Å²) in [6.07, 6.45) is 0. The number of benzene rings is 2. The highest BCUT2D eigenvalue weighted by Crippen LogP contribution is 2.31. The van der Waals surface area contributed by atoms with Crippen LogP contribution in [0.1, 0.15) is 31.2 Å². The second kappa shape index (κ2) is 7.07. The first-order valence-electron chi connectivity index (χ1n) is 8.06. The lowest BCUT2D eigenvalue weighted by Crippen LogP contribution is -2.26. The Balaban J connectivity index is 1.78. The molecule has 128 valence electrons. The lowest BCUT2D eigenvalue weighted by Gasteiger charge is -2.17. The Labute approximate surface area is 151 Å². The molecule has 5 heteroatoms. The largest absolute Gasteiger partial charge is 0.355 e. The molecule has 0 unspecified atom stereocenters. The number of hydrogen-bond donors (Lipinski definition) is 1. The van der Waals surface area contributed by atoms with Gasteiger partial charge >= 0.3 is 0 Å². The Bertz CT molecular complexity index is 929. The van der Waals surface area contributed by atoms with Gasteiger partial charge in [-0.15, -0.1) is 11.3 Å². The molecular weight excluding hydrogens is 332 g/mol. The molecule has 0 fully saturated rings. The molecule has 2 amide bonds. The number of fused-ring (bicyclic) bond motifs is 1. The Hall–Kier alpha value is -2.66. The van der Waals surface area contributed by atoms with Crippen molar-refractivity contribution in [3.8, 4) is 0 Å². The topological polar surface area (TPSA) is 49.4 Å². The van der Waals surface area contributed by atoms with Crippen LogP contribution in [-0.2, 0) is 6.54 Å².